The summed E-state index contributed by atoms with van der Waals surface area (Å²) >= 11 is 6.42. The summed E-state index contributed by atoms with van der Waals surface area (Å²) in [5.41, 5.74) is 7.16. The first-order chi connectivity index (χ1) is 10.1. The number of nitrogens with two attached hydrogens (primary N) is 1. The van der Waals surface area contributed by atoms with Crippen molar-refractivity contribution < 1.29 is 4.74 Å². The lowest BCUT2D eigenvalue weighted by Crippen LogP contribution is -2.18. The van der Waals surface area contributed by atoms with Gasteiger partial charge in [0.05, 0.1) is 5.02 Å². The van der Waals surface area contributed by atoms with Crippen LogP contribution in [0.2, 0.25) is 5.02 Å². The van der Waals surface area contributed by atoms with Gasteiger partial charge in [-0.25, -0.2) is 4.99 Å². The normalized spacial score (nSPS) is 12.2. The van der Waals surface area contributed by atoms with Gasteiger partial charge in [0.2, 0.25) is 0 Å². The van der Waals surface area contributed by atoms with E-state index in [0.717, 1.165) is 27.0 Å². The highest BCUT2D eigenvalue weighted by atomic mass is 35.5. The van der Waals surface area contributed by atoms with Gasteiger partial charge in [0.1, 0.15) is 11.0 Å². The third-order valence-electron chi connectivity index (χ3n) is 3.61. The molecule has 0 unspecified atom stereocenters. The van der Waals surface area contributed by atoms with Gasteiger partial charge in [0, 0.05) is 17.1 Å². The van der Waals surface area contributed by atoms with Crippen molar-refractivity contribution in [2.75, 3.05) is 5.73 Å². The van der Waals surface area contributed by atoms with E-state index in [2.05, 4.69) is 11.6 Å². The van der Waals surface area contributed by atoms with Crippen molar-refractivity contribution in [2.45, 2.75) is 0 Å². The highest BCUT2D eigenvalue weighted by Gasteiger charge is 2.18. The van der Waals surface area contributed by atoms with Gasteiger partial charge in [0.25, 0.3) is 0 Å². The number of fused-ring (bicyclic) bond motifs is 4. The van der Waals surface area contributed by atoms with Crippen LogP contribution in [0.4, 0.5) is 11.4 Å². The largest absolute Gasteiger partial charge is 0.451 e. The number of rotatable bonds is 0. The predicted octanol–water partition coefficient (Wildman–Crippen LogP) is 3.54. The summed E-state index contributed by atoms with van der Waals surface area (Å²) in [6.07, 6.45) is 0. The molecular formula is C17H11ClN2O. The zero-order valence-electron chi connectivity index (χ0n) is 11.1. The van der Waals surface area contributed by atoms with Crippen molar-refractivity contribution in [1.29, 1.82) is 0 Å². The van der Waals surface area contributed by atoms with Crippen LogP contribution in [-0.2, 0) is 0 Å². The molecule has 3 aromatic rings. The predicted molar refractivity (Wildman–Crippen MR) is 85.8 cm³/mol. The van der Waals surface area contributed by atoms with Crippen LogP contribution in [-0.4, -0.2) is 0 Å². The average Bonchev–Trinajstić information content (AvgIpc) is 2.51. The summed E-state index contributed by atoms with van der Waals surface area (Å²) in [4.78, 5) is 4.69. The molecule has 3 aromatic carbocycles. The Labute approximate surface area is 125 Å². The number of hydrogen-bond donors (Lipinski definition) is 1. The molecule has 0 fully saturated rings. The molecule has 4 rings (SSSR count). The first-order valence-corrected chi connectivity index (χ1v) is 6.88. The van der Waals surface area contributed by atoms with Crippen molar-refractivity contribution in [3.63, 3.8) is 0 Å². The van der Waals surface area contributed by atoms with Crippen LogP contribution in [0.5, 0.6) is 11.5 Å². The van der Waals surface area contributed by atoms with E-state index in [0.29, 0.717) is 22.2 Å². The van der Waals surface area contributed by atoms with E-state index in [4.69, 9.17) is 22.1 Å². The molecule has 0 saturated heterocycles. The molecular weight excluding hydrogens is 284 g/mol. The van der Waals surface area contributed by atoms with Crippen LogP contribution >= 0.6 is 11.6 Å². The Morgan fingerprint density at radius 3 is 2.67 bits per heavy atom. The molecule has 1 aliphatic rings. The molecule has 0 spiro atoms. The van der Waals surface area contributed by atoms with Gasteiger partial charge in [0.15, 0.2) is 11.5 Å². The van der Waals surface area contributed by atoms with Gasteiger partial charge in [-0.3, -0.25) is 0 Å². The minimum Gasteiger partial charge on any atom is -0.451 e. The molecule has 102 valence electrons. The molecule has 1 heterocycles. The smallest absolute Gasteiger partial charge is 0.172 e. The lowest BCUT2D eigenvalue weighted by Gasteiger charge is -2.17. The second-order valence-electron chi connectivity index (χ2n) is 4.96. The minimum atomic E-state index is 0.487. The first-order valence-electron chi connectivity index (χ1n) is 6.50. The maximum atomic E-state index is 6.42. The van der Waals surface area contributed by atoms with Gasteiger partial charge < -0.3 is 10.5 Å². The summed E-state index contributed by atoms with van der Waals surface area (Å²) in [7, 11) is 0. The highest BCUT2D eigenvalue weighted by Crippen LogP contribution is 2.38. The Morgan fingerprint density at radius 1 is 1.10 bits per heavy atom. The molecule has 0 aromatic heterocycles. The van der Waals surface area contributed by atoms with Gasteiger partial charge >= 0.3 is 0 Å². The molecule has 0 amide bonds. The third-order valence-corrected chi connectivity index (χ3v) is 4.01. The minimum absolute atomic E-state index is 0.487. The molecule has 1 aliphatic heterocycles. The monoisotopic (exact) mass is 294 g/mol. The topological polar surface area (TPSA) is 47.6 Å². The molecule has 2 N–H and O–H groups in total. The van der Waals surface area contributed by atoms with Crippen molar-refractivity contribution in [3.8, 4) is 11.5 Å². The number of hydrogen-bond acceptors (Lipinski definition) is 3. The van der Waals surface area contributed by atoms with E-state index in [1.165, 1.54) is 0 Å². The van der Waals surface area contributed by atoms with Gasteiger partial charge in [-0.15, -0.1) is 0 Å². The van der Waals surface area contributed by atoms with Crippen molar-refractivity contribution >= 4 is 40.3 Å². The zero-order valence-corrected chi connectivity index (χ0v) is 11.8. The van der Waals surface area contributed by atoms with Crippen LogP contribution in [0.1, 0.15) is 0 Å². The molecule has 0 bridgehead atoms. The van der Waals surface area contributed by atoms with Crippen LogP contribution in [0.15, 0.2) is 47.5 Å². The number of benzene rings is 3. The summed E-state index contributed by atoms with van der Waals surface area (Å²) in [6.45, 7) is 4.05. The van der Waals surface area contributed by atoms with Crippen molar-refractivity contribution in [1.82, 2.24) is 0 Å². The molecule has 0 aliphatic carbocycles. The molecule has 0 saturated carbocycles. The Morgan fingerprint density at radius 2 is 1.86 bits per heavy atom. The molecule has 4 heteroatoms. The third kappa shape index (κ3) is 1.71. The summed E-state index contributed by atoms with van der Waals surface area (Å²) in [6, 6.07) is 13.3. The fourth-order valence-corrected chi connectivity index (χ4v) is 2.80. The van der Waals surface area contributed by atoms with Crippen LogP contribution in [0.3, 0.4) is 0 Å². The summed E-state index contributed by atoms with van der Waals surface area (Å²) in [5.74, 6) is 1.15. The van der Waals surface area contributed by atoms with Crippen LogP contribution in [0, 0.1) is 0 Å². The number of nitrogens with zero attached hydrogens (tertiary/aromatic N) is 1. The van der Waals surface area contributed by atoms with E-state index >= 15 is 0 Å². The Hall–Kier alpha value is -2.52. The number of anilines is 1. The lowest BCUT2D eigenvalue weighted by molar-refractivity contribution is 0.471. The standard InChI is InChI=1S/C17H11ClN2O/c1-9-11-4-2-3-5-12(11)16-17(15(9)18)21-14-8-10(19)6-7-13(14)20-16/h2-8H,1,19H2. The average molecular weight is 295 g/mol. The SMILES string of the molecule is C=c1c(Cl)c2c(c3ccccc13)=Nc1ccc(N)cc1O2. The quantitative estimate of drug-likeness (QED) is 0.504. The van der Waals surface area contributed by atoms with Crippen LogP contribution < -0.4 is 21.0 Å². The van der Waals surface area contributed by atoms with E-state index < -0.39 is 0 Å². The fraction of sp³-hybridized carbons (Fsp3) is 0. The van der Waals surface area contributed by atoms with E-state index in [-0.39, 0.29) is 0 Å². The summed E-state index contributed by atoms with van der Waals surface area (Å²) in [5, 5.41) is 3.92. The van der Waals surface area contributed by atoms with Gasteiger partial charge in [-0.1, -0.05) is 42.4 Å². The fourth-order valence-electron chi connectivity index (χ4n) is 2.57. The second kappa shape index (κ2) is 4.24. The Bertz CT molecular complexity index is 1010. The lowest BCUT2D eigenvalue weighted by atomic mass is 10.1. The Balaban J connectivity index is 2.20. The molecule has 0 radical (unpaired) electrons. The highest BCUT2D eigenvalue weighted by molar-refractivity contribution is 6.33. The molecule has 3 nitrogen and oxygen atoms in total. The van der Waals surface area contributed by atoms with Gasteiger partial charge in [-0.2, -0.15) is 0 Å². The van der Waals surface area contributed by atoms with E-state index in [1.54, 1.807) is 12.1 Å². The number of ether oxygens (including phenoxy) is 1. The number of nitrogen functional groups attached to an aromatic ring is 1. The maximum Gasteiger partial charge on any atom is 0.172 e. The summed E-state index contributed by atoms with van der Waals surface area (Å²) < 4.78 is 5.93. The molecule has 0 atom stereocenters. The van der Waals surface area contributed by atoms with Crippen molar-refractivity contribution in [2.24, 2.45) is 4.99 Å². The second-order valence-corrected chi connectivity index (χ2v) is 5.33. The van der Waals surface area contributed by atoms with E-state index in [1.807, 2.05) is 30.3 Å². The number of halogens is 1. The first kappa shape index (κ1) is 12.2. The van der Waals surface area contributed by atoms with E-state index in [9.17, 15) is 0 Å². The van der Waals surface area contributed by atoms with Crippen LogP contribution in [0.25, 0.3) is 17.4 Å². The maximum absolute atomic E-state index is 6.42. The zero-order chi connectivity index (χ0) is 14.6. The van der Waals surface area contributed by atoms with Gasteiger partial charge in [-0.05, 0) is 22.7 Å². The Kier molecular flexibility index (Phi) is 2.47. The van der Waals surface area contributed by atoms with Crippen molar-refractivity contribution in [3.05, 3.63) is 58.1 Å². The molecule has 21 heavy (non-hydrogen) atoms.